The third-order valence-corrected chi connectivity index (χ3v) is 3.16. The molecular weight excluding hydrogens is 269 g/mol. The molecule has 0 bridgehead atoms. The summed E-state index contributed by atoms with van der Waals surface area (Å²) < 4.78 is 19.0. The van der Waals surface area contributed by atoms with E-state index in [1.165, 1.54) is 6.07 Å². The monoisotopic (exact) mass is 283 g/mol. The molecule has 19 heavy (non-hydrogen) atoms. The van der Waals surface area contributed by atoms with E-state index in [9.17, 15) is 4.39 Å². The van der Waals surface area contributed by atoms with Crippen LogP contribution in [0.15, 0.2) is 22.6 Å². The van der Waals surface area contributed by atoms with Crippen LogP contribution in [0.1, 0.15) is 32.2 Å². The van der Waals surface area contributed by atoms with Gasteiger partial charge in [-0.2, -0.15) is 0 Å². The smallest absolute Gasteiger partial charge is 0.249 e. The van der Waals surface area contributed by atoms with Crippen LogP contribution in [0.4, 0.5) is 4.39 Å². The van der Waals surface area contributed by atoms with Crippen molar-refractivity contribution in [1.29, 1.82) is 0 Å². The Balaban J connectivity index is 2.32. The number of nitrogens with zero attached hydrogens (tertiary/aromatic N) is 2. The molecule has 4 nitrogen and oxygen atoms in total. The van der Waals surface area contributed by atoms with Crippen LogP contribution in [0.2, 0.25) is 5.02 Å². The molecule has 0 spiro atoms. The SMILES string of the molecule is CCNC(CC)c1nnc(-c2cccc(F)c2Cl)o1. The van der Waals surface area contributed by atoms with Crippen molar-refractivity contribution in [2.45, 2.75) is 26.3 Å². The van der Waals surface area contributed by atoms with Gasteiger partial charge in [-0.1, -0.05) is 31.5 Å². The molecular formula is C13H15ClFN3O. The van der Waals surface area contributed by atoms with Crippen molar-refractivity contribution in [3.8, 4) is 11.5 Å². The van der Waals surface area contributed by atoms with Gasteiger partial charge in [0.1, 0.15) is 5.82 Å². The molecule has 6 heteroatoms. The van der Waals surface area contributed by atoms with Crippen molar-refractivity contribution in [3.63, 3.8) is 0 Å². The number of benzene rings is 1. The predicted octanol–water partition coefficient (Wildman–Crippen LogP) is 3.59. The summed E-state index contributed by atoms with van der Waals surface area (Å²) in [5, 5.41) is 11.2. The molecule has 2 rings (SSSR count). The number of hydrogen-bond acceptors (Lipinski definition) is 4. The van der Waals surface area contributed by atoms with Crippen LogP contribution in [0.3, 0.4) is 0 Å². The first-order chi connectivity index (χ1) is 9.17. The van der Waals surface area contributed by atoms with Gasteiger partial charge in [-0.15, -0.1) is 10.2 Å². The summed E-state index contributed by atoms with van der Waals surface area (Å²) in [7, 11) is 0. The quantitative estimate of drug-likeness (QED) is 0.911. The summed E-state index contributed by atoms with van der Waals surface area (Å²) in [5.74, 6) is 0.216. The zero-order valence-electron chi connectivity index (χ0n) is 10.8. The molecule has 0 aliphatic rings. The van der Waals surface area contributed by atoms with Gasteiger partial charge in [0, 0.05) is 0 Å². The topological polar surface area (TPSA) is 51.0 Å². The Bertz CT molecular complexity index is 559. The van der Waals surface area contributed by atoms with E-state index in [-0.39, 0.29) is 17.0 Å². The van der Waals surface area contributed by atoms with Crippen molar-refractivity contribution < 1.29 is 8.81 Å². The van der Waals surface area contributed by atoms with Crippen LogP contribution in [-0.4, -0.2) is 16.7 Å². The first-order valence-electron chi connectivity index (χ1n) is 6.18. The van der Waals surface area contributed by atoms with Gasteiger partial charge in [0.15, 0.2) is 0 Å². The maximum atomic E-state index is 13.4. The molecule has 1 aromatic heterocycles. The van der Waals surface area contributed by atoms with Crippen LogP contribution in [0, 0.1) is 5.82 Å². The normalized spacial score (nSPS) is 12.6. The molecule has 0 radical (unpaired) electrons. The molecule has 0 saturated carbocycles. The summed E-state index contributed by atoms with van der Waals surface area (Å²) in [6.45, 7) is 4.83. The molecule has 0 fully saturated rings. The third kappa shape index (κ3) is 2.93. The van der Waals surface area contributed by atoms with E-state index in [2.05, 4.69) is 15.5 Å². The highest BCUT2D eigenvalue weighted by Crippen LogP contribution is 2.30. The Labute approximate surface area is 116 Å². The standard InChI is InChI=1S/C13H15ClFN3O/c1-3-10(16-4-2)13-18-17-12(19-13)8-6-5-7-9(15)11(8)14/h5-7,10,16H,3-4H2,1-2H3. The number of aromatic nitrogens is 2. The van der Waals surface area contributed by atoms with Crippen LogP contribution in [0.5, 0.6) is 0 Å². The second-order valence-electron chi connectivity index (χ2n) is 4.07. The highest BCUT2D eigenvalue weighted by molar-refractivity contribution is 6.33. The fourth-order valence-corrected chi connectivity index (χ4v) is 2.01. The van der Waals surface area contributed by atoms with E-state index >= 15 is 0 Å². The molecule has 1 unspecified atom stereocenters. The lowest BCUT2D eigenvalue weighted by atomic mass is 10.2. The number of hydrogen-bond donors (Lipinski definition) is 1. The van der Waals surface area contributed by atoms with Gasteiger partial charge in [0.05, 0.1) is 16.6 Å². The lowest BCUT2D eigenvalue weighted by Crippen LogP contribution is -2.20. The lowest BCUT2D eigenvalue weighted by Gasteiger charge is -2.10. The van der Waals surface area contributed by atoms with Gasteiger partial charge in [-0.3, -0.25) is 0 Å². The highest BCUT2D eigenvalue weighted by atomic mass is 35.5. The molecule has 1 heterocycles. The Hall–Kier alpha value is -1.46. The highest BCUT2D eigenvalue weighted by Gasteiger charge is 2.18. The fourth-order valence-electron chi connectivity index (χ4n) is 1.81. The minimum absolute atomic E-state index is 0.00131. The molecule has 1 N–H and O–H groups in total. The predicted molar refractivity (Wildman–Crippen MR) is 71.4 cm³/mol. The summed E-state index contributed by atoms with van der Waals surface area (Å²) in [6, 6.07) is 4.49. The van der Waals surface area contributed by atoms with E-state index in [1.54, 1.807) is 12.1 Å². The Morgan fingerprint density at radius 2 is 2.16 bits per heavy atom. The summed E-state index contributed by atoms with van der Waals surface area (Å²) in [5.41, 5.74) is 0.409. The van der Waals surface area contributed by atoms with Crippen molar-refractivity contribution in [2.75, 3.05) is 6.54 Å². The average Bonchev–Trinajstić information content (AvgIpc) is 2.88. The summed E-state index contributed by atoms with van der Waals surface area (Å²) >= 11 is 5.89. The second-order valence-corrected chi connectivity index (χ2v) is 4.44. The number of rotatable bonds is 5. The molecule has 1 atom stereocenters. The average molecular weight is 284 g/mol. The lowest BCUT2D eigenvalue weighted by molar-refractivity contribution is 0.402. The van der Waals surface area contributed by atoms with E-state index in [4.69, 9.17) is 16.0 Å². The molecule has 0 aliphatic heterocycles. The molecule has 102 valence electrons. The fraction of sp³-hybridized carbons (Fsp3) is 0.385. The minimum atomic E-state index is -0.502. The number of nitrogens with one attached hydrogen (secondary N) is 1. The molecule has 1 aromatic carbocycles. The Kier molecular flexibility index (Phi) is 4.50. The molecule has 0 saturated heterocycles. The maximum absolute atomic E-state index is 13.4. The van der Waals surface area contributed by atoms with Gasteiger partial charge in [0.2, 0.25) is 11.8 Å². The Morgan fingerprint density at radius 1 is 1.37 bits per heavy atom. The van der Waals surface area contributed by atoms with Crippen molar-refractivity contribution >= 4 is 11.6 Å². The molecule has 0 aliphatic carbocycles. The van der Waals surface area contributed by atoms with Crippen LogP contribution in [-0.2, 0) is 0 Å². The van der Waals surface area contributed by atoms with Crippen molar-refractivity contribution in [2.24, 2.45) is 0 Å². The largest absolute Gasteiger partial charge is 0.419 e. The van der Waals surface area contributed by atoms with Crippen LogP contribution >= 0.6 is 11.6 Å². The van der Waals surface area contributed by atoms with E-state index in [1.807, 2.05) is 13.8 Å². The summed E-state index contributed by atoms with van der Waals surface area (Å²) in [6.07, 6.45) is 0.826. The van der Waals surface area contributed by atoms with Crippen molar-refractivity contribution in [1.82, 2.24) is 15.5 Å². The minimum Gasteiger partial charge on any atom is -0.419 e. The van der Waals surface area contributed by atoms with Gasteiger partial charge in [0.25, 0.3) is 0 Å². The first-order valence-corrected chi connectivity index (χ1v) is 6.56. The van der Waals surface area contributed by atoms with Gasteiger partial charge in [-0.05, 0) is 25.1 Å². The third-order valence-electron chi connectivity index (χ3n) is 2.78. The Morgan fingerprint density at radius 3 is 2.84 bits per heavy atom. The van der Waals surface area contributed by atoms with Gasteiger partial charge >= 0.3 is 0 Å². The zero-order chi connectivity index (χ0) is 13.8. The van der Waals surface area contributed by atoms with E-state index in [0.717, 1.165) is 13.0 Å². The zero-order valence-corrected chi connectivity index (χ0v) is 11.5. The molecule has 2 aromatic rings. The first kappa shape index (κ1) is 14.0. The number of halogens is 2. The van der Waals surface area contributed by atoms with Crippen LogP contribution in [0.25, 0.3) is 11.5 Å². The second kappa shape index (κ2) is 6.12. The maximum Gasteiger partial charge on any atom is 0.249 e. The molecule has 0 amide bonds. The van der Waals surface area contributed by atoms with E-state index in [0.29, 0.717) is 11.5 Å². The summed E-state index contributed by atoms with van der Waals surface area (Å²) in [4.78, 5) is 0. The van der Waals surface area contributed by atoms with Gasteiger partial charge < -0.3 is 9.73 Å². The van der Waals surface area contributed by atoms with Crippen LogP contribution < -0.4 is 5.32 Å². The van der Waals surface area contributed by atoms with Gasteiger partial charge in [-0.25, -0.2) is 4.39 Å². The van der Waals surface area contributed by atoms with Crippen molar-refractivity contribution in [3.05, 3.63) is 34.9 Å². The van der Waals surface area contributed by atoms with E-state index < -0.39 is 5.82 Å².